The van der Waals surface area contributed by atoms with Crippen LogP contribution in [0.2, 0.25) is 0 Å². The Balaban J connectivity index is 2.98. The van der Waals surface area contributed by atoms with Crippen LogP contribution in [0.25, 0.3) is 0 Å². The Labute approximate surface area is 142 Å². The van der Waals surface area contributed by atoms with Crippen molar-refractivity contribution in [3.8, 4) is 5.75 Å². The monoisotopic (exact) mass is 337 g/mol. The molecule has 1 aromatic rings. The molecule has 0 spiro atoms. The molecule has 6 heteroatoms. The second-order valence-corrected chi connectivity index (χ2v) is 7.80. The van der Waals surface area contributed by atoms with Gasteiger partial charge in [0.05, 0.1) is 0 Å². The van der Waals surface area contributed by atoms with Crippen LogP contribution in [0.3, 0.4) is 0 Å². The first-order chi connectivity index (χ1) is 10.8. The average Bonchev–Trinajstić information content (AvgIpc) is 2.36. The Kier molecular flexibility index (Phi) is 5.87. The van der Waals surface area contributed by atoms with E-state index in [0.29, 0.717) is 5.56 Å². The van der Waals surface area contributed by atoms with Gasteiger partial charge in [-0.1, -0.05) is 39.0 Å². The largest absolute Gasteiger partial charge is 0.507 e. The number of amides is 1. The molecular formula is C18H27NO5. The minimum atomic E-state index is -1.19. The maximum atomic E-state index is 11.8. The first kappa shape index (κ1) is 19.8. The van der Waals surface area contributed by atoms with Gasteiger partial charge < -0.3 is 20.3 Å². The zero-order chi connectivity index (χ0) is 18.7. The topological polar surface area (TPSA) is 95.9 Å². The van der Waals surface area contributed by atoms with Crippen molar-refractivity contribution in [3.63, 3.8) is 0 Å². The zero-order valence-electron chi connectivity index (χ0n) is 15.1. The highest BCUT2D eigenvalue weighted by atomic mass is 16.6. The smallest absolute Gasteiger partial charge is 0.408 e. The SMILES string of the molecule is CC(C)(C)OC(=O)NC(Cc1cccc(C(C)(C)C)c1O)C(=O)O. The van der Waals surface area contributed by atoms with Gasteiger partial charge in [0.1, 0.15) is 17.4 Å². The minimum Gasteiger partial charge on any atom is -0.507 e. The number of carboxylic acid groups (broad SMARTS) is 1. The van der Waals surface area contributed by atoms with Crippen LogP contribution in [0, 0.1) is 0 Å². The number of hydrogen-bond donors (Lipinski definition) is 3. The Hall–Kier alpha value is -2.24. The van der Waals surface area contributed by atoms with E-state index in [4.69, 9.17) is 4.74 Å². The van der Waals surface area contributed by atoms with E-state index in [-0.39, 0.29) is 17.6 Å². The van der Waals surface area contributed by atoms with Crippen molar-refractivity contribution < 1.29 is 24.5 Å². The quantitative estimate of drug-likeness (QED) is 0.784. The fourth-order valence-electron chi connectivity index (χ4n) is 2.23. The predicted molar refractivity (Wildman–Crippen MR) is 91.3 cm³/mol. The molecule has 1 unspecified atom stereocenters. The van der Waals surface area contributed by atoms with E-state index >= 15 is 0 Å². The molecule has 0 bridgehead atoms. The number of phenolic OH excluding ortho intramolecular Hbond substituents is 1. The van der Waals surface area contributed by atoms with Crippen molar-refractivity contribution in [2.45, 2.75) is 65.0 Å². The van der Waals surface area contributed by atoms with Crippen LogP contribution in [-0.4, -0.2) is 33.9 Å². The lowest BCUT2D eigenvalue weighted by molar-refractivity contribution is -0.139. The third kappa shape index (κ3) is 5.76. The first-order valence-corrected chi connectivity index (χ1v) is 7.85. The number of rotatable bonds is 4. The van der Waals surface area contributed by atoms with Crippen molar-refractivity contribution in [2.75, 3.05) is 0 Å². The second-order valence-electron chi connectivity index (χ2n) is 7.80. The minimum absolute atomic E-state index is 0.0374. The number of alkyl carbamates (subject to hydrolysis) is 1. The maximum absolute atomic E-state index is 11.8. The van der Waals surface area contributed by atoms with Gasteiger partial charge in [-0.3, -0.25) is 0 Å². The summed E-state index contributed by atoms with van der Waals surface area (Å²) in [6, 6.07) is 4.02. The molecule has 0 radical (unpaired) electrons. The van der Waals surface area contributed by atoms with E-state index in [0.717, 1.165) is 5.56 Å². The number of benzene rings is 1. The summed E-state index contributed by atoms with van der Waals surface area (Å²) in [7, 11) is 0. The van der Waals surface area contributed by atoms with Crippen molar-refractivity contribution >= 4 is 12.1 Å². The highest BCUT2D eigenvalue weighted by molar-refractivity contribution is 5.80. The molecule has 0 saturated carbocycles. The molecule has 0 saturated heterocycles. The molecule has 6 nitrogen and oxygen atoms in total. The number of aliphatic carboxylic acids is 1. The number of nitrogens with one attached hydrogen (secondary N) is 1. The summed E-state index contributed by atoms with van der Waals surface area (Å²) in [5.74, 6) is -1.14. The summed E-state index contributed by atoms with van der Waals surface area (Å²) in [4.78, 5) is 23.3. The van der Waals surface area contributed by atoms with Crippen LogP contribution in [0.4, 0.5) is 4.79 Å². The lowest BCUT2D eigenvalue weighted by Gasteiger charge is -2.24. The Bertz CT molecular complexity index is 611. The van der Waals surface area contributed by atoms with Crippen molar-refractivity contribution in [1.82, 2.24) is 5.32 Å². The Morgan fingerprint density at radius 3 is 2.21 bits per heavy atom. The van der Waals surface area contributed by atoms with Crippen LogP contribution in [0.15, 0.2) is 18.2 Å². The van der Waals surface area contributed by atoms with E-state index in [1.807, 2.05) is 20.8 Å². The Morgan fingerprint density at radius 2 is 1.75 bits per heavy atom. The van der Waals surface area contributed by atoms with E-state index in [9.17, 15) is 19.8 Å². The molecule has 1 rings (SSSR count). The van der Waals surface area contributed by atoms with E-state index in [1.54, 1.807) is 39.0 Å². The zero-order valence-corrected chi connectivity index (χ0v) is 15.1. The normalized spacial score (nSPS) is 13.2. The summed E-state index contributed by atoms with van der Waals surface area (Å²) < 4.78 is 5.09. The van der Waals surface area contributed by atoms with Crippen molar-refractivity contribution in [2.24, 2.45) is 0 Å². The molecule has 3 N–H and O–H groups in total. The predicted octanol–water partition coefficient (Wildman–Crippen LogP) is 3.21. The number of ether oxygens (including phenoxy) is 1. The number of phenols is 1. The number of carboxylic acids is 1. The summed E-state index contributed by atoms with van der Waals surface area (Å²) in [6.45, 7) is 11.0. The molecule has 0 fully saturated rings. The van der Waals surface area contributed by atoms with Gasteiger partial charge in [0.25, 0.3) is 0 Å². The van der Waals surface area contributed by atoms with E-state index < -0.39 is 23.7 Å². The molecule has 24 heavy (non-hydrogen) atoms. The molecule has 0 aromatic heterocycles. The second kappa shape index (κ2) is 7.11. The van der Waals surface area contributed by atoms with Gasteiger partial charge in [-0.05, 0) is 37.3 Å². The number of carbonyl (C=O) groups excluding carboxylic acids is 1. The number of aromatic hydroxyl groups is 1. The maximum Gasteiger partial charge on any atom is 0.408 e. The molecule has 1 aromatic carbocycles. The average molecular weight is 337 g/mol. The van der Waals surface area contributed by atoms with Crippen LogP contribution < -0.4 is 5.32 Å². The molecule has 0 aliphatic heterocycles. The molecule has 0 aliphatic carbocycles. The van der Waals surface area contributed by atoms with E-state index in [1.165, 1.54) is 0 Å². The number of hydrogen-bond acceptors (Lipinski definition) is 4. The summed E-state index contributed by atoms with van der Waals surface area (Å²) >= 11 is 0. The van der Waals surface area contributed by atoms with Crippen LogP contribution in [0.5, 0.6) is 5.75 Å². The van der Waals surface area contributed by atoms with Gasteiger partial charge in [-0.25, -0.2) is 9.59 Å². The third-order valence-corrected chi connectivity index (χ3v) is 3.34. The van der Waals surface area contributed by atoms with Crippen LogP contribution >= 0.6 is 0 Å². The number of para-hydroxylation sites is 1. The molecule has 0 heterocycles. The molecule has 1 atom stereocenters. The van der Waals surface area contributed by atoms with Gasteiger partial charge >= 0.3 is 12.1 Å². The highest BCUT2D eigenvalue weighted by Gasteiger charge is 2.27. The fraction of sp³-hybridized carbons (Fsp3) is 0.556. The van der Waals surface area contributed by atoms with Crippen molar-refractivity contribution in [3.05, 3.63) is 29.3 Å². The first-order valence-electron chi connectivity index (χ1n) is 7.85. The fourth-order valence-corrected chi connectivity index (χ4v) is 2.23. The van der Waals surface area contributed by atoms with Gasteiger partial charge in [0.15, 0.2) is 0 Å². The summed E-state index contributed by atoms with van der Waals surface area (Å²) in [5, 5.41) is 22.1. The molecule has 134 valence electrons. The van der Waals surface area contributed by atoms with Crippen molar-refractivity contribution in [1.29, 1.82) is 0 Å². The third-order valence-electron chi connectivity index (χ3n) is 3.34. The van der Waals surface area contributed by atoms with Gasteiger partial charge in [-0.15, -0.1) is 0 Å². The molecule has 1 amide bonds. The molecule has 0 aliphatic rings. The standard InChI is InChI=1S/C18H27NO5/c1-17(2,3)12-9-7-8-11(14(12)20)10-13(15(21)22)19-16(23)24-18(4,5)6/h7-9,13,20H,10H2,1-6H3,(H,19,23)(H,21,22). The highest BCUT2D eigenvalue weighted by Crippen LogP contribution is 2.33. The van der Waals surface area contributed by atoms with Crippen LogP contribution in [0.1, 0.15) is 52.7 Å². The number of carbonyl (C=O) groups is 2. The summed E-state index contributed by atoms with van der Waals surface area (Å²) in [6.07, 6.45) is -0.842. The molecular weight excluding hydrogens is 310 g/mol. The van der Waals surface area contributed by atoms with Crippen LogP contribution in [-0.2, 0) is 21.4 Å². The van der Waals surface area contributed by atoms with Gasteiger partial charge in [-0.2, -0.15) is 0 Å². The lowest BCUT2D eigenvalue weighted by atomic mass is 9.84. The van der Waals surface area contributed by atoms with E-state index in [2.05, 4.69) is 5.32 Å². The van der Waals surface area contributed by atoms with Gasteiger partial charge in [0.2, 0.25) is 0 Å². The lowest BCUT2D eigenvalue weighted by Crippen LogP contribution is -2.44. The Morgan fingerprint density at radius 1 is 1.17 bits per heavy atom. The van der Waals surface area contributed by atoms with Gasteiger partial charge in [0, 0.05) is 6.42 Å². The summed E-state index contributed by atoms with van der Waals surface area (Å²) in [5.41, 5.74) is 0.186.